The predicted molar refractivity (Wildman–Crippen MR) is 124 cm³/mol. The summed E-state index contributed by atoms with van der Waals surface area (Å²) in [5.41, 5.74) is 3.19. The zero-order chi connectivity index (χ0) is 17.9. The number of fused-ring (bicyclic) bond motifs is 3. The van der Waals surface area contributed by atoms with Crippen molar-refractivity contribution in [1.82, 2.24) is 0 Å². The van der Waals surface area contributed by atoms with Crippen LogP contribution < -0.4 is 0 Å². The first-order chi connectivity index (χ1) is 11.0. The van der Waals surface area contributed by atoms with Crippen molar-refractivity contribution in [3.8, 4) is 0 Å². The van der Waals surface area contributed by atoms with Crippen LogP contribution in [0.25, 0.3) is 21.5 Å². The molecule has 0 atom stereocenters. The van der Waals surface area contributed by atoms with E-state index in [1.807, 2.05) is 0 Å². The van der Waals surface area contributed by atoms with Gasteiger partial charge in [0.15, 0.2) is 0 Å². The summed E-state index contributed by atoms with van der Waals surface area (Å²) in [6.07, 6.45) is 0. The molecular formula is C22H24I2. The van der Waals surface area contributed by atoms with Crippen LogP contribution in [0, 0.1) is 7.14 Å². The van der Waals surface area contributed by atoms with Crippen molar-refractivity contribution in [2.75, 3.05) is 0 Å². The van der Waals surface area contributed by atoms with Gasteiger partial charge in [-0.3, -0.25) is 0 Å². The SMILES string of the molecule is CC(C)(C)c1c(I)ccc2c1ccc1c(C(C)(C)C)c(I)ccc12. The molecule has 0 aliphatic heterocycles. The molecule has 0 saturated heterocycles. The molecule has 0 saturated carbocycles. The van der Waals surface area contributed by atoms with E-state index in [1.165, 1.54) is 39.8 Å². The van der Waals surface area contributed by atoms with E-state index < -0.39 is 0 Å². The first-order valence-electron chi connectivity index (χ1n) is 8.36. The summed E-state index contributed by atoms with van der Waals surface area (Å²) in [7, 11) is 0. The van der Waals surface area contributed by atoms with E-state index >= 15 is 0 Å². The third-order valence-corrected chi connectivity index (χ3v) is 6.39. The standard InChI is InChI=1S/C22H24I2/c1-21(2,3)19-15-7-8-16-14(13(15)9-11-17(19)23)10-12-18(24)20(16)22(4,5)6/h7-12H,1-6H3. The summed E-state index contributed by atoms with van der Waals surface area (Å²) in [5.74, 6) is 0. The largest absolute Gasteiger partial charge is 0.0560 e. The Bertz CT molecular complexity index is 859. The van der Waals surface area contributed by atoms with Crippen LogP contribution >= 0.6 is 45.2 Å². The minimum absolute atomic E-state index is 0.139. The summed E-state index contributed by atoms with van der Waals surface area (Å²) in [4.78, 5) is 0. The summed E-state index contributed by atoms with van der Waals surface area (Å²) >= 11 is 4.96. The lowest BCUT2D eigenvalue weighted by atomic mass is 9.80. The van der Waals surface area contributed by atoms with Gasteiger partial charge in [-0.2, -0.15) is 0 Å². The second-order valence-electron chi connectivity index (χ2n) is 8.60. The van der Waals surface area contributed by atoms with Crippen LogP contribution in [0.4, 0.5) is 0 Å². The van der Waals surface area contributed by atoms with Gasteiger partial charge in [0.1, 0.15) is 0 Å². The van der Waals surface area contributed by atoms with E-state index in [1.54, 1.807) is 0 Å². The fraction of sp³-hybridized carbons (Fsp3) is 0.364. The minimum atomic E-state index is 0.139. The van der Waals surface area contributed by atoms with Gasteiger partial charge in [-0.1, -0.05) is 65.8 Å². The Morgan fingerprint density at radius 3 is 1.08 bits per heavy atom. The van der Waals surface area contributed by atoms with E-state index in [-0.39, 0.29) is 10.8 Å². The van der Waals surface area contributed by atoms with Gasteiger partial charge in [-0.05, 0) is 101 Å². The molecule has 0 aromatic heterocycles. The average Bonchev–Trinajstić information content (AvgIpc) is 2.43. The van der Waals surface area contributed by atoms with E-state index in [2.05, 4.69) is 123 Å². The Balaban J connectivity index is 2.51. The van der Waals surface area contributed by atoms with Gasteiger partial charge in [0.05, 0.1) is 0 Å². The molecule has 0 amide bonds. The fourth-order valence-electron chi connectivity index (χ4n) is 3.69. The van der Waals surface area contributed by atoms with Crippen LogP contribution in [-0.4, -0.2) is 0 Å². The number of rotatable bonds is 0. The maximum absolute atomic E-state index is 2.48. The summed E-state index contributed by atoms with van der Waals surface area (Å²) in [5, 5.41) is 5.53. The Morgan fingerprint density at radius 2 is 0.792 bits per heavy atom. The highest BCUT2D eigenvalue weighted by Crippen LogP contribution is 2.40. The zero-order valence-electron chi connectivity index (χ0n) is 15.2. The molecule has 3 aromatic rings. The maximum Gasteiger partial charge on any atom is 0.0174 e. The van der Waals surface area contributed by atoms with Crippen molar-refractivity contribution in [3.05, 3.63) is 54.7 Å². The molecule has 0 N–H and O–H groups in total. The summed E-state index contributed by atoms with van der Waals surface area (Å²) in [6, 6.07) is 13.8. The minimum Gasteiger partial charge on any atom is -0.0560 e. The molecule has 0 heterocycles. The van der Waals surface area contributed by atoms with Crippen LogP contribution in [0.2, 0.25) is 0 Å². The van der Waals surface area contributed by atoms with E-state index in [4.69, 9.17) is 0 Å². The molecule has 0 aliphatic carbocycles. The lowest BCUT2D eigenvalue weighted by Crippen LogP contribution is -2.15. The highest BCUT2D eigenvalue weighted by molar-refractivity contribution is 14.1. The van der Waals surface area contributed by atoms with E-state index in [0.29, 0.717) is 0 Å². The lowest BCUT2D eigenvalue weighted by Gasteiger charge is -2.26. The molecule has 0 fully saturated rings. The molecular weight excluding hydrogens is 518 g/mol. The lowest BCUT2D eigenvalue weighted by molar-refractivity contribution is 0.591. The highest BCUT2D eigenvalue weighted by Gasteiger charge is 2.23. The Kier molecular flexibility index (Phi) is 4.70. The van der Waals surface area contributed by atoms with Gasteiger partial charge >= 0.3 is 0 Å². The van der Waals surface area contributed by atoms with Crippen LogP contribution in [-0.2, 0) is 10.8 Å². The second-order valence-corrected chi connectivity index (χ2v) is 10.9. The zero-order valence-corrected chi connectivity index (χ0v) is 19.5. The highest BCUT2D eigenvalue weighted by atomic mass is 127. The molecule has 0 radical (unpaired) electrons. The van der Waals surface area contributed by atoms with Gasteiger partial charge in [0.25, 0.3) is 0 Å². The monoisotopic (exact) mass is 542 g/mol. The molecule has 0 nitrogen and oxygen atoms in total. The molecule has 3 aromatic carbocycles. The number of halogens is 2. The van der Waals surface area contributed by atoms with Gasteiger partial charge in [-0.25, -0.2) is 0 Å². The number of hydrogen-bond donors (Lipinski definition) is 0. The van der Waals surface area contributed by atoms with Gasteiger partial charge in [0.2, 0.25) is 0 Å². The fourth-order valence-corrected chi connectivity index (χ4v) is 6.25. The Morgan fingerprint density at radius 1 is 0.500 bits per heavy atom. The number of hydrogen-bond acceptors (Lipinski definition) is 0. The van der Waals surface area contributed by atoms with Crippen molar-refractivity contribution in [1.29, 1.82) is 0 Å². The van der Waals surface area contributed by atoms with Crippen LogP contribution in [0.15, 0.2) is 36.4 Å². The second kappa shape index (κ2) is 6.11. The maximum atomic E-state index is 2.48. The molecule has 2 heteroatoms. The summed E-state index contributed by atoms with van der Waals surface area (Å²) in [6.45, 7) is 13.8. The van der Waals surface area contributed by atoms with Gasteiger partial charge in [-0.15, -0.1) is 0 Å². The van der Waals surface area contributed by atoms with Crippen LogP contribution in [0.3, 0.4) is 0 Å². The van der Waals surface area contributed by atoms with Crippen LogP contribution in [0.1, 0.15) is 52.7 Å². The molecule has 0 spiro atoms. The topological polar surface area (TPSA) is 0 Å². The third kappa shape index (κ3) is 3.09. The molecule has 24 heavy (non-hydrogen) atoms. The summed E-state index contributed by atoms with van der Waals surface area (Å²) < 4.78 is 2.71. The third-order valence-electron chi connectivity index (χ3n) is 4.60. The van der Waals surface area contributed by atoms with Crippen molar-refractivity contribution in [2.24, 2.45) is 0 Å². The quantitative estimate of drug-likeness (QED) is 0.201. The molecule has 0 aliphatic rings. The first kappa shape index (κ1) is 18.4. The van der Waals surface area contributed by atoms with Crippen molar-refractivity contribution in [3.63, 3.8) is 0 Å². The van der Waals surface area contributed by atoms with E-state index in [9.17, 15) is 0 Å². The predicted octanol–water partition coefficient (Wildman–Crippen LogP) is 7.80. The van der Waals surface area contributed by atoms with Gasteiger partial charge < -0.3 is 0 Å². The van der Waals surface area contributed by atoms with Crippen LogP contribution in [0.5, 0.6) is 0 Å². The average molecular weight is 542 g/mol. The normalized spacial score (nSPS) is 13.0. The Hall–Kier alpha value is -0.360. The molecule has 0 unspecified atom stereocenters. The molecule has 126 valence electrons. The van der Waals surface area contributed by atoms with E-state index in [0.717, 1.165) is 0 Å². The Labute approximate surface area is 172 Å². The van der Waals surface area contributed by atoms with Crippen molar-refractivity contribution >= 4 is 66.7 Å². The van der Waals surface area contributed by atoms with Gasteiger partial charge in [0, 0.05) is 7.14 Å². The van der Waals surface area contributed by atoms with Crippen molar-refractivity contribution in [2.45, 2.75) is 52.4 Å². The smallest absolute Gasteiger partial charge is 0.0174 e. The molecule has 3 rings (SSSR count). The van der Waals surface area contributed by atoms with Crippen molar-refractivity contribution < 1.29 is 0 Å². The molecule has 0 bridgehead atoms. The number of benzene rings is 3. The first-order valence-corrected chi connectivity index (χ1v) is 10.5.